The highest BCUT2D eigenvalue weighted by Gasteiger charge is 2.17. The number of pyridine rings is 2. The molecular formula is C13H11N7O2. The van der Waals surface area contributed by atoms with Crippen LogP contribution in [0.4, 0.5) is 23.0 Å². The van der Waals surface area contributed by atoms with Crippen LogP contribution in [0.25, 0.3) is 5.82 Å². The lowest BCUT2D eigenvalue weighted by atomic mass is 10.3. The molecule has 3 aromatic rings. The molecule has 0 fully saturated rings. The summed E-state index contributed by atoms with van der Waals surface area (Å²) in [7, 11) is 0. The second-order valence-corrected chi connectivity index (χ2v) is 4.34. The smallest absolute Gasteiger partial charge is 0.311 e. The lowest BCUT2D eigenvalue weighted by Crippen LogP contribution is -2.05. The number of nitrogens with one attached hydrogen (secondary N) is 1. The highest BCUT2D eigenvalue weighted by molar-refractivity contribution is 5.66. The Morgan fingerprint density at radius 3 is 2.77 bits per heavy atom. The molecule has 0 unspecified atom stereocenters. The van der Waals surface area contributed by atoms with Crippen molar-refractivity contribution >= 4 is 23.0 Å². The third kappa shape index (κ3) is 2.68. The fraction of sp³-hybridized carbons (Fsp3) is 0. The molecule has 0 bridgehead atoms. The van der Waals surface area contributed by atoms with Crippen molar-refractivity contribution in [2.75, 3.05) is 11.1 Å². The van der Waals surface area contributed by atoms with Crippen LogP contribution in [0.3, 0.4) is 0 Å². The minimum absolute atomic E-state index is 0.101. The number of rotatable bonds is 4. The molecule has 3 N–H and O–H groups in total. The van der Waals surface area contributed by atoms with Crippen LogP contribution in [-0.2, 0) is 0 Å². The van der Waals surface area contributed by atoms with Crippen LogP contribution in [0, 0.1) is 10.1 Å². The molecule has 0 radical (unpaired) electrons. The third-order valence-corrected chi connectivity index (χ3v) is 2.84. The van der Waals surface area contributed by atoms with Crippen LogP contribution in [-0.4, -0.2) is 24.7 Å². The standard InChI is InChI=1S/C13H11N7O2/c14-11-4-2-9(8-15-11)17-13-10(20(21)22)3-5-12(18-13)19-7-1-6-16-19/h1-8H,(H2,14,15)(H,17,18). The monoisotopic (exact) mass is 297 g/mol. The van der Waals surface area contributed by atoms with E-state index in [2.05, 4.69) is 20.4 Å². The second kappa shape index (κ2) is 5.48. The maximum absolute atomic E-state index is 11.1. The van der Waals surface area contributed by atoms with Crippen LogP contribution in [0.2, 0.25) is 0 Å². The Kier molecular flexibility index (Phi) is 3.36. The number of anilines is 3. The van der Waals surface area contributed by atoms with Gasteiger partial charge in [0.25, 0.3) is 0 Å². The van der Waals surface area contributed by atoms with Gasteiger partial charge in [0.1, 0.15) is 5.82 Å². The summed E-state index contributed by atoms with van der Waals surface area (Å²) in [5.41, 5.74) is 5.91. The Labute approximate surface area is 124 Å². The van der Waals surface area contributed by atoms with Crippen LogP contribution in [0.1, 0.15) is 0 Å². The predicted octanol–water partition coefficient (Wildman–Crippen LogP) is 1.90. The first-order chi connectivity index (χ1) is 10.6. The molecule has 0 aliphatic heterocycles. The molecule has 9 heteroatoms. The van der Waals surface area contributed by atoms with Gasteiger partial charge in [-0.2, -0.15) is 5.10 Å². The zero-order valence-electron chi connectivity index (χ0n) is 11.2. The fourth-order valence-corrected chi connectivity index (χ4v) is 1.83. The Morgan fingerprint density at radius 1 is 1.27 bits per heavy atom. The van der Waals surface area contributed by atoms with Crippen molar-refractivity contribution in [3.63, 3.8) is 0 Å². The van der Waals surface area contributed by atoms with Gasteiger partial charge in [0.05, 0.1) is 16.8 Å². The van der Waals surface area contributed by atoms with E-state index in [1.165, 1.54) is 23.0 Å². The van der Waals surface area contributed by atoms with E-state index >= 15 is 0 Å². The summed E-state index contributed by atoms with van der Waals surface area (Å²) in [5, 5.41) is 18.1. The number of nitro groups is 1. The normalized spacial score (nSPS) is 10.4. The molecule has 9 nitrogen and oxygen atoms in total. The van der Waals surface area contributed by atoms with Crippen molar-refractivity contribution in [3.05, 3.63) is 59.0 Å². The van der Waals surface area contributed by atoms with Gasteiger partial charge in [0, 0.05) is 18.5 Å². The molecule has 0 saturated heterocycles. The van der Waals surface area contributed by atoms with E-state index in [0.29, 0.717) is 17.3 Å². The topological polar surface area (TPSA) is 125 Å². The summed E-state index contributed by atoms with van der Waals surface area (Å²) in [6.07, 6.45) is 4.77. The molecule has 110 valence electrons. The van der Waals surface area contributed by atoms with Crippen molar-refractivity contribution < 1.29 is 4.92 Å². The van der Waals surface area contributed by atoms with E-state index in [0.717, 1.165) is 0 Å². The quantitative estimate of drug-likeness (QED) is 0.556. The van der Waals surface area contributed by atoms with E-state index in [-0.39, 0.29) is 11.5 Å². The number of nitrogens with two attached hydrogens (primary N) is 1. The van der Waals surface area contributed by atoms with Crippen LogP contribution in [0.15, 0.2) is 48.9 Å². The first kappa shape index (κ1) is 13.5. The van der Waals surface area contributed by atoms with Crippen molar-refractivity contribution in [3.8, 4) is 5.82 Å². The zero-order valence-corrected chi connectivity index (χ0v) is 11.2. The Hall–Kier alpha value is -3.49. The molecule has 0 saturated carbocycles. The molecule has 0 aliphatic rings. The average Bonchev–Trinajstić information content (AvgIpc) is 3.03. The van der Waals surface area contributed by atoms with Crippen LogP contribution in [0.5, 0.6) is 0 Å². The van der Waals surface area contributed by atoms with Crippen molar-refractivity contribution in [1.82, 2.24) is 19.7 Å². The molecule has 0 amide bonds. The minimum atomic E-state index is -0.507. The van der Waals surface area contributed by atoms with Gasteiger partial charge in [-0.05, 0) is 24.3 Å². The Balaban J connectivity index is 2.01. The van der Waals surface area contributed by atoms with Crippen molar-refractivity contribution in [1.29, 1.82) is 0 Å². The SMILES string of the molecule is Nc1ccc(Nc2nc(-n3cccn3)ccc2[N+](=O)[O-])cn1. The van der Waals surface area contributed by atoms with Crippen molar-refractivity contribution in [2.45, 2.75) is 0 Å². The molecule has 0 aromatic carbocycles. The number of hydrogen-bond donors (Lipinski definition) is 2. The Morgan fingerprint density at radius 2 is 2.14 bits per heavy atom. The number of aromatic nitrogens is 4. The van der Waals surface area contributed by atoms with Gasteiger partial charge >= 0.3 is 5.69 Å². The Bertz CT molecular complexity index is 800. The van der Waals surface area contributed by atoms with Gasteiger partial charge in [-0.1, -0.05) is 0 Å². The molecule has 0 atom stereocenters. The molecule has 0 aliphatic carbocycles. The summed E-state index contributed by atoms with van der Waals surface area (Å²) in [5.74, 6) is 0.921. The fourth-order valence-electron chi connectivity index (χ4n) is 1.83. The highest BCUT2D eigenvalue weighted by atomic mass is 16.6. The summed E-state index contributed by atoms with van der Waals surface area (Å²) in [6.45, 7) is 0. The minimum Gasteiger partial charge on any atom is -0.384 e. The van der Waals surface area contributed by atoms with Gasteiger partial charge < -0.3 is 11.1 Å². The van der Waals surface area contributed by atoms with E-state index in [1.807, 2.05) is 0 Å². The number of nitrogens with zero attached hydrogens (tertiary/aromatic N) is 5. The lowest BCUT2D eigenvalue weighted by molar-refractivity contribution is -0.384. The predicted molar refractivity (Wildman–Crippen MR) is 79.9 cm³/mol. The number of hydrogen-bond acceptors (Lipinski definition) is 7. The van der Waals surface area contributed by atoms with Crippen LogP contribution >= 0.6 is 0 Å². The summed E-state index contributed by atoms with van der Waals surface area (Å²) in [4.78, 5) is 18.8. The summed E-state index contributed by atoms with van der Waals surface area (Å²) >= 11 is 0. The third-order valence-electron chi connectivity index (χ3n) is 2.84. The largest absolute Gasteiger partial charge is 0.384 e. The van der Waals surface area contributed by atoms with E-state index < -0.39 is 4.92 Å². The molecule has 3 rings (SSSR count). The molecule has 3 aromatic heterocycles. The average molecular weight is 297 g/mol. The number of nitrogen functional groups attached to an aromatic ring is 1. The maximum Gasteiger partial charge on any atom is 0.311 e. The van der Waals surface area contributed by atoms with E-state index in [4.69, 9.17) is 5.73 Å². The van der Waals surface area contributed by atoms with E-state index in [1.54, 1.807) is 30.6 Å². The maximum atomic E-state index is 11.1. The molecule has 0 spiro atoms. The van der Waals surface area contributed by atoms with Crippen LogP contribution < -0.4 is 11.1 Å². The first-order valence-electron chi connectivity index (χ1n) is 6.27. The highest BCUT2D eigenvalue weighted by Crippen LogP contribution is 2.26. The van der Waals surface area contributed by atoms with Gasteiger partial charge in [0.2, 0.25) is 5.82 Å². The van der Waals surface area contributed by atoms with Crippen molar-refractivity contribution in [2.24, 2.45) is 0 Å². The molecular weight excluding hydrogens is 286 g/mol. The molecule has 22 heavy (non-hydrogen) atoms. The van der Waals surface area contributed by atoms with E-state index in [9.17, 15) is 10.1 Å². The summed E-state index contributed by atoms with van der Waals surface area (Å²) in [6, 6.07) is 7.88. The second-order valence-electron chi connectivity index (χ2n) is 4.34. The van der Waals surface area contributed by atoms with Gasteiger partial charge in [-0.15, -0.1) is 0 Å². The summed E-state index contributed by atoms with van der Waals surface area (Å²) < 4.78 is 1.51. The van der Waals surface area contributed by atoms with Gasteiger partial charge in [-0.25, -0.2) is 14.6 Å². The zero-order chi connectivity index (χ0) is 15.5. The first-order valence-corrected chi connectivity index (χ1v) is 6.27. The van der Waals surface area contributed by atoms with Gasteiger partial charge in [0.15, 0.2) is 5.82 Å². The molecule has 3 heterocycles. The van der Waals surface area contributed by atoms with Gasteiger partial charge in [-0.3, -0.25) is 10.1 Å². The lowest BCUT2D eigenvalue weighted by Gasteiger charge is -2.08.